The molecule has 0 radical (unpaired) electrons. The first-order chi connectivity index (χ1) is 14.0. The number of piperidine rings is 1. The lowest BCUT2D eigenvalue weighted by molar-refractivity contribution is -0.125. The van der Waals surface area contributed by atoms with Gasteiger partial charge in [0.1, 0.15) is 0 Å². The van der Waals surface area contributed by atoms with E-state index in [1.807, 2.05) is 19.1 Å². The van der Waals surface area contributed by atoms with Crippen LogP contribution in [0.1, 0.15) is 36.6 Å². The third-order valence-corrected chi connectivity index (χ3v) is 6.34. The van der Waals surface area contributed by atoms with Crippen LogP contribution in [0.5, 0.6) is 0 Å². The van der Waals surface area contributed by atoms with Gasteiger partial charge in [-0.15, -0.1) is 5.10 Å². The number of aryl methyl sites for hydroxylation is 2. The molecule has 3 heterocycles. The van der Waals surface area contributed by atoms with Crippen LogP contribution in [0.2, 0.25) is 0 Å². The fourth-order valence-electron chi connectivity index (χ4n) is 3.53. The molecule has 0 atom stereocenters. The Hall–Kier alpha value is -2.74. The number of nitrogens with one attached hydrogen (secondary N) is 1. The van der Waals surface area contributed by atoms with Gasteiger partial charge in [0.15, 0.2) is 0 Å². The lowest BCUT2D eigenvalue weighted by Gasteiger charge is -2.30. The van der Waals surface area contributed by atoms with E-state index in [9.17, 15) is 9.59 Å². The lowest BCUT2D eigenvalue weighted by Crippen LogP contribution is -2.40. The molecule has 1 aromatic carbocycles. The molecule has 152 valence electrons. The Balaban J connectivity index is 1.36. The quantitative estimate of drug-likeness (QED) is 0.698. The van der Waals surface area contributed by atoms with Crippen molar-refractivity contribution in [1.82, 2.24) is 19.9 Å². The number of anilines is 1. The summed E-state index contributed by atoms with van der Waals surface area (Å²) in [6.45, 7) is 6.09. The third kappa shape index (κ3) is 4.32. The first-order valence-corrected chi connectivity index (χ1v) is 10.8. The molecule has 29 heavy (non-hydrogen) atoms. The van der Waals surface area contributed by atoms with Gasteiger partial charge in [-0.2, -0.15) is 4.52 Å². The molecule has 7 nitrogen and oxygen atoms in total. The summed E-state index contributed by atoms with van der Waals surface area (Å²) in [5.74, 6) is 0.124. The van der Waals surface area contributed by atoms with E-state index in [0.717, 1.165) is 48.7 Å². The lowest BCUT2D eigenvalue weighted by atomic mass is 9.96. The highest BCUT2D eigenvalue weighted by Crippen LogP contribution is 2.27. The zero-order valence-electron chi connectivity index (χ0n) is 16.7. The Morgan fingerprint density at radius 3 is 2.66 bits per heavy atom. The zero-order valence-corrected chi connectivity index (χ0v) is 17.5. The van der Waals surface area contributed by atoms with Crippen molar-refractivity contribution < 1.29 is 4.79 Å². The minimum Gasteiger partial charge on any atom is -0.352 e. The van der Waals surface area contributed by atoms with E-state index < -0.39 is 0 Å². The molecule has 8 heteroatoms. The van der Waals surface area contributed by atoms with Gasteiger partial charge in [-0.3, -0.25) is 9.59 Å². The van der Waals surface area contributed by atoms with Crippen LogP contribution in [0.4, 0.5) is 5.13 Å². The van der Waals surface area contributed by atoms with E-state index in [1.54, 1.807) is 6.07 Å². The maximum Gasteiger partial charge on any atom is 0.275 e. The Bertz CT molecular complexity index is 1060. The topological polar surface area (TPSA) is 79.6 Å². The number of hydrogen-bond donors (Lipinski definition) is 1. The molecule has 0 aliphatic carbocycles. The van der Waals surface area contributed by atoms with Crippen molar-refractivity contribution >= 4 is 27.3 Å². The zero-order chi connectivity index (χ0) is 20.4. The van der Waals surface area contributed by atoms with E-state index in [1.165, 1.54) is 21.4 Å². The fourth-order valence-corrected chi connectivity index (χ4v) is 4.51. The van der Waals surface area contributed by atoms with E-state index in [-0.39, 0.29) is 17.4 Å². The van der Waals surface area contributed by atoms with Crippen LogP contribution in [0.3, 0.4) is 0 Å². The Morgan fingerprint density at radius 2 is 1.97 bits per heavy atom. The molecule has 1 saturated heterocycles. The van der Waals surface area contributed by atoms with Crippen LogP contribution in [-0.2, 0) is 17.8 Å². The van der Waals surface area contributed by atoms with Crippen LogP contribution in [-0.4, -0.2) is 33.6 Å². The number of nitrogens with zero attached hydrogens (tertiary/aromatic N) is 4. The molecule has 0 bridgehead atoms. The van der Waals surface area contributed by atoms with E-state index in [2.05, 4.69) is 39.4 Å². The number of amides is 1. The van der Waals surface area contributed by atoms with E-state index >= 15 is 0 Å². The molecule has 2 aromatic heterocycles. The number of fused-ring (bicyclic) bond motifs is 1. The summed E-state index contributed by atoms with van der Waals surface area (Å²) in [7, 11) is 0. The maximum absolute atomic E-state index is 12.5. The Morgan fingerprint density at radius 1 is 1.24 bits per heavy atom. The molecule has 1 amide bonds. The average Bonchev–Trinajstić information content (AvgIpc) is 3.18. The van der Waals surface area contributed by atoms with Crippen LogP contribution in [0, 0.1) is 12.8 Å². The highest BCUT2D eigenvalue weighted by molar-refractivity contribution is 7.20. The van der Waals surface area contributed by atoms with Crippen molar-refractivity contribution in [3.63, 3.8) is 0 Å². The van der Waals surface area contributed by atoms with Crippen molar-refractivity contribution in [2.75, 3.05) is 18.0 Å². The summed E-state index contributed by atoms with van der Waals surface area (Å²) in [6.07, 6.45) is 2.28. The van der Waals surface area contributed by atoms with Crippen molar-refractivity contribution in [3.05, 3.63) is 57.5 Å². The Labute approximate surface area is 173 Å². The van der Waals surface area contributed by atoms with Gasteiger partial charge < -0.3 is 10.2 Å². The number of hydrogen-bond acceptors (Lipinski definition) is 6. The van der Waals surface area contributed by atoms with Gasteiger partial charge >= 0.3 is 0 Å². The normalized spacial score (nSPS) is 15.0. The molecule has 4 rings (SSSR count). The predicted octanol–water partition coefficient (Wildman–Crippen LogP) is 2.55. The monoisotopic (exact) mass is 411 g/mol. The molecular weight excluding hydrogens is 386 g/mol. The molecular formula is C21H25N5O2S. The summed E-state index contributed by atoms with van der Waals surface area (Å²) >= 11 is 1.43. The average molecular weight is 412 g/mol. The van der Waals surface area contributed by atoms with E-state index in [4.69, 9.17) is 0 Å². The van der Waals surface area contributed by atoms with Crippen LogP contribution < -0.4 is 15.8 Å². The molecule has 1 aliphatic rings. The van der Waals surface area contributed by atoms with E-state index in [0.29, 0.717) is 11.5 Å². The van der Waals surface area contributed by atoms with Crippen LogP contribution in [0.15, 0.2) is 35.1 Å². The second kappa shape index (κ2) is 8.32. The van der Waals surface area contributed by atoms with Crippen LogP contribution >= 0.6 is 11.3 Å². The number of rotatable bonds is 5. The summed E-state index contributed by atoms with van der Waals surface area (Å²) in [6, 6.07) is 9.75. The van der Waals surface area contributed by atoms with Gasteiger partial charge in [0, 0.05) is 37.3 Å². The molecule has 1 aliphatic heterocycles. The number of carbonyl (C=O) groups excluding carboxylic acids is 1. The number of carbonyl (C=O) groups is 1. The van der Waals surface area contributed by atoms with Crippen molar-refractivity contribution in [2.45, 2.75) is 39.7 Å². The van der Waals surface area contributed by atoms with Crippen molar-refractivity contribution in [3.8, 4) is 0 Å². The standard InChI is InChI=1S/C21H25N5O2S/c1-3-17-12-18(27)26-20(23-17)29-21(24-26)25-10-8-16(9-11-25)19(28)22-13-15-6-4-14(2)5-7-15/h4-7,12,16H,3,8-11,13H2,1-2H3,(H,22,28). The highest BCUT2D eigenvalue weighted by atomic mass is 32.1. The third-order valence-electron chi connectivity index (χ3n) is 5.37. The molecule has 0 spiro atoms. The smallest absolute Gasteiger partial charge is 0.275 e. The molecule has 1 fully saturated rings. The first kappa shape index (κ1) is 19.6. The Kier molecular flexibility index (Phi) is 5.62. The molecule has 1 N–H and O–H groups in total. The van der Waals surface area contributed by atoms with Gasteiger partial charge in [-0.05, 0) is 31.7 Å². The summed E-state index contributed by atoms with van der Waals surface area (Å²) in [4.78, 5) is 32.0. The number of aromatic nitrogens is 3. The van der Waals surface area contributed by atoms with Gasteiger partial charge in [0.25, 0.3) is 5.56 Å². The number of benzene rings is 1. The summed E-state index contributed by atoms with van der Waals surface area (Å²) in [5, 5.41) is 8.30. The van der Waals surface area contributed by atoms with Gasteiger partial charge in [-0.1, -0.05) is 48.1 Å². The van der Waals surface area contributed by atoms with Crippen molar-refractivity contribution in [1.29, 1.82) is 0 Å². The molecule has 0 saturated carbocycles. The maximum atomic E-state index is 12.5. The molecule has 3 aromatic rings. The largest absolute Gasteiger partial charge is 0.352 e. The summed E-state index contributed by atoms with van der Waals surface area (Å²) in [5.41, 5.74) is 2.97. The first-order valence-electron chi connectivity index (χ1n) is 10.0. The highest BCUT2D eigenvalue weighted by Gasteiger charge is 2.26. The van der Waals surface area contributed by atoms with Crippen LogP contribution in [0.25, 0.3) is 4.96 Å². The van der Waals surface area contributed by atoms with Crippen molar-refractivity contribution in [2.24, 2.45) is 5.92 Å². The summed E-state index contributed by atoms with van der Waals surface area (Å²) < 4.78 is 1.37. The van der Waals surface area contributed by atoms with Gasteiger partial charge in [0.2, 0.25) is 16.0 Å². The van der Waals surface area contributed by atoms with Gasteiger partial charge in [0.05, 0.1) is 0 Å². The minimum atomic E-state index is -0.139. The SMILES string of the molecule is CCc1cc(=O)n2nc(N3CCC(C(=O)NCc4ccc(C)cc4)CC3)sc2n1. The minimum absolute atomic E-state index is 0.0126. The second-order valence-electron chi connectivity index (χ2n) is 7.48. The fraction of sp³-hybridized carbons (Fsp3) is 0.429. The predicted molar refractivity (Wildman–Crippen MR) is 114 cm³/mol. The second-order valence-corrected chi connectivity index (χ2v) is 8.42. The molecule has 0 unspecified atom stereocenters. The van der Waals surface area contributed by atoms with Gasteiger partial charge in [-0.25, -0.2) is 4.98 Å².